The monoisotopic (exact) mass is 629 g/mol. The summed E-state index contributed by atoms with van der Waals surface area (Å²) in [4.78, 5) is 29.7. The highest BCUT2D eigenvalue weighted by Crippen LogP contribution is 2.26. The molecule has 0 saturated heterocycles. The minimum Gasteiger partial charge on any atom is -0.352 e. The minimum atomic E-state index is -3.88. The van der Waals surface area contributed by atoms with Crippen molar-refractivity contribution in [2.24, 2.45) is 0 Å². The molecule has 42 heavy (non-hydrogen) atoms. The van der Waals surface area contributed by atoms with E-state index in [0.29, 0.717) is 10.0 Å². The summed E-state index contributed by atoms with van der Waals surface area (Å²) in [7, 11) is -3.88. The van der Waals surface area contributed by atoms with Crippen LogP contribution in [0.15, 0.2) is 72.8 Å². The lowest BCUT2D eigenvalue weighted by molar-refractivity contribution is -0.140. The standard InChI is InChI=1S/C32H37Cl2N3O4S/c1-23-16-17-28(20-29(23)34)37(42(2,40)41)22-31(38)36(21-25-12-9-13-26(33)18-25)30(19-24-10-5-3-6-11-24)32(39)35-27-14-7-4-8-15-27/h3,5-6,9-13,16-18,20,27,30H,4,7-8,14-15,19,21-22H2,1-2H3,(H,35,39). The first-order valence-electron chi connectivity index (χ1n) is 14.1. The SMILES string of the molecule is Cc1ccc(N(CC(=O)N(Cc2cccc(Cl)c2)C(Cc2ccccc2)C(=O)NC2CCCCC2)S(C)(=O)=O)cc1Cl. The normalized spacial score (nSPS) is 14.7. The smallest absolute Gasteiger partial charge is 0.244 e. The first-order chi connectivity index (χ1) is 20.0. The van der Waals surface area contributed by atoms with Crippen LogP contribution in [-0.2, 0) is 32.6 Å². The molecule has 0 radical (unpaired) electrons. The molecule has 0 spiro atoms. The van der Waals surface area contributed by atoms with Gasteiger partial charge in [0, 0.05) is 29.1 Å². The Balaban J connectivity index is 1.73. The number of nitrogens with zero attached hydrogens (tertiary/aromatic N) is 2. The van der Waals surface area contributed by atoms with E-state index >= 15 is 0 Å². The maximum absolute atomic E-state index is 14.2. The van der Waals surface area contributed by atoms with Crippen molar-refractivity contribution >= 4 is 50.7 Å². The van der Waals surface area contributed by atoms with Gasteiger partial charge < -0.3 is 10.2 Å². The Morgan fingerprint density at radius 2 is 1.62 bits per heavy atom. The largest absolute Gasteiger partial charge is 0.352 e. The number of aryl methyl sites for hydroxylation is 1. The van der Waals surface area contributed by atoms with Crippen LogP contribution >= 0.6 is 23.2 Å². The van der Waals surface area contributed by atoms with Gasteiger partial charge in [0.2, 0.25) is 21.8 Å². The van der Waals surface area contributed by atoms with Crippen LogP contribution in [0.4, 0.5) is 5.69 Å². The Morgan fingerprint density at radius 3 is 2.26 bits per heavy atom. The Morgan fingerprint density at radius 1 is 0.929 bits per heavy atom. The van der Waals surface area contributed by atoms with Gasteiger partial charge in [0.05, 0.1) is 11.9 Å². The van der Waals surface area contributed by atoms with E-state index in [0.717, 1.165) is 59.4 Å². The number of benzene rings is 3. The highest BCUT2D eigenvalue weighted by atomic mass is 35.5. The number of anilines is 1. The minimum absolute atomic E-state index is 0.0369. The predicted molar refractivity (Wildman–Crippen MR) is 169 cm³/mol. The molecule has 0 heterocycles. The molecule has 1 aliphatic carbocycles. The zero-order chi connectivity index (χ0) is 30.3. The molecule has 1 aliphatic rings. The molecular formula is C32H37Cl2N3O4S. The number of halogens is 2. The molecule has 0 aromatic heterocycles. The number of hydrogen-bond donors (Lipinski definition) is 1. The van der Waals surface area contributed by atoms with Crippen LogP contribution in [0.3, 0.4) is 0 Å². The summed E-state index contributed by atoms with van der Waals surface area (Å²) in [5.74, 6) is -0.776. The van der Waals surface area contributed by atoms with Crippen LogP contribution < -0.4 is 9.62 Å². The van der Waals surface area contributed by atoms with Gasteiger partial charge in [-0.2, -0.15) is 0 Å². The second-order valence-electron chi connectivity index (χ2n) is 10.9. The van der Waals surface area contributed by atoms with Crippen LogP contribution in [-0.4, -0.2) is 50.0 Å². The molecule has 3 aromatic carbocycles. The summed E-state index contributed by atoms with van der Waals surface area (Å²) in [5, 5.41) is 4.08. The average Bonchev–Trinajstić information content (AvgIpc) is 2.95. The van der Waals surface area contributed by atoms with Gasteiger partial charge in [0.1, 0.15) is 12.6 Å². The van der Waals surface area contributed by atoms with Gasteiger partial charge in [0.25, 0.3) is 0 Å². The molecule has 0 bridgehead atoms. The highest BCUT2D eigenvalue weighted by Gasteiger charge is 2.34. The molecule has 1 saturated carbocycles. The first kappa shape index (κ1) is 31.9. The van der Waals surface area contributed by atoms with Crippen molar-refractivity contribution < 1.29 is 18.0 Å². The molecule has 4 rings (SSSR count). The van der Waals surface area contributed by atoms with Crippen molar-refractivity contribution in [3.8, 4) is 0 Å². The van der Waals surface area contributed by atoms with E-state index in [-0.39, 0.29) is 30.6 Å². The molecule has 10 heteroatoms. The number of rotatable bonds is 11. The Bertz CT molecular complexity index is 1490. The highest BCUT2D eigenvalue weighted by molar-refractivity contribution is 7.92. The average molecular weight is 631 g/mol. The van der Waals surface area contributed by atoms with Crippen LogP contribution in [0.25, 0.3) is 0 Å². The van der Waals surface area contributed by atoms with Crippen molar-refractivity contribution in [3.63, 3.8) is 0 Å². The molecule has 7 nitrogen and oxygen atoms in total. The van der Waals surface area contributed by atoms with Crippen molar-refractivity contribution in [1.82, 2.24) is 10.2 Å². The third kappa shape index (κ3) is 8.72. The molecule has 3 aromatic rings. The predicted octanol–water partition coefficient (Wildman–Crippen LogP) is 6.16. The number of carbonyl (C=O) groups is 2. The van der Waals surface area contributed by atoms with E-state index in [1.807, 2.05) is 43.3 Å². The summed E-state index contributed by atoms with van der Waals surface area (Å²) >= 11 is 12.6. The van der Waals surface area contributed by atoms with Gasteiger partial charge in [-0.25, -0.2) is 8.42 Å². The van der Waals surface area contributed by atoms with Crippen molar-refractivity contribution in [3.05, 3.63) is 99.5 Å². The second kappa shape index (κ2) is 14.4. The van der Waals surface area contributed by atoms with Crippen LogP contribution in [0.1, 0.15) is 48.8 Å². The zero-order valence-corrected chi connectivity index (χ0v) is 26.3. The zero-order valence-electron chi connectivity index (χ0n) is 23.9. The molecule has 1 unspecified atom stereocenters. The molecular weight excluding hydrogens is 593 g/mol. The van der Waals surface area contributed by atoms with Crippen molar-refractivity contribution in [2.75, 3.05) is 17.1 Å². The third-order valence-electron chi connectivity index (χ3n) is 7.59. The van der Waals surface area contributed by atoms with E-state index in [1.165, 1.54) is 11.0 Å². The lowest BCUT2D eigenvalue weighted by Crippen LogP contribution is -2.55. The topological polar surface area (TPSA) is 86.8 Å². The summed E-state index contributed by atoms with van der Waals surface area (Å²) in [6.07, 6.45) is 6.32. The summed E-state index contributed by atoms with van der Waals surface area (Å²) in [6.45, 7) is 1.38. The molecule has 1 fully saturated rings. The van der Waals surface area contributed by atoms with Crippen molar-refractivity contribution in [2.45, 2.75) is 64.1 Å². The van der Waals surface area contributed by atoms with Gasteiger partial charge in [-0.3, -0.25) is 13.9 Å². The van der Waals surface area contributed by atoms with Gasteiger partial charge in [0.15, 0.2) is 0 Å². The number of hydrogen-bond acceptors (Lipinski definition) is 4. The Labute approximate surface area is 258 Å². The third-order valence-corrected chi connectivity index (χ3v) is 9.37. The lowest BCUT2D eigenvalue weighted by atomic mass is 9.94. The fourth-order valence-corrected chi connectivity index (χ4v) is 6.51. The molecule has 1 atom stereocenters. The molecule has 224 valence electrons. The van der Waals surface area contributed by atoms with E-state index in [2.05, 4.69) is 5.32 Å². The summed E-state index contributed by atoms with van der Waals surface area (Å²) < 4.78 is 27.0. The Kier molecular flexibility index (Phi) is 10.9. The second-order valence-corrected chi connectivity index (χ2v) is 13.7. The lowest BCUT2D eigenvalue weighted by Gasteiger charge is -2.35. The number of amides is 2. The van der Waals surface area contributed by atoms with Gasteiger partial charge in [-0.05, 0) is 60.7 Å². The summed E-state index contributed by atoms with van der Waals surface area (Å²) in [5.41, 5.74) is 2.67. The number of carbonyl (C=O) groups excluding carboxylic acids is 2. The number of sulfonamides is 1. The van der Waals surface area contributed by atoms with Gasteiger partial charge >= 0.3 is 0 Å². The van der Waals surface area contributed by atoms with Gasteiger partial charge in [-0.15, -0.1) is 0 Å². The van der Waals surface area contributed by atoms with Crippen LogP contribution in [0.2, 0.25) is 10.0 Å². The van der Waals surface area contributed by atoms with Gasteiger partial charge in [-0.1, -0.05) is 91.0 Å². The first-order valence-corrected chi connectivity index (χ1v) is 16.7. The molecule has 0 aliphatic heterocycles. The number of nitrogens with one attached hydrogen (secondary N) is 1. The van der Waals surface area contributed by atoms with Crippen LogP contribution in [0.5, 0.6) is 0 Å². The van der Waals surface area contributed by atoms with E-state index in [1.54, 1.807) is 30.3 Å². The molecule has 2 amide bonds. The maximum Gasteiger partial charge on any atom is 0.244 e. The fraction of sp³-hybridized carbons (Fsp3) is 0.375. The fourth-order valence-electron chi connectivity index (χ4n) is 5.28. The van der Waals surface area contributed by atoms with E-state index in [9.17, 15) is 18.0 Å². The van der Waals surface area contributed by atoms with E-state index < -0.39 is 28.5 Å². The summed E-state index contributed by atoms with van der Waals surface area (Å²) in [6, 6.07) is 20.6. The maximum atomic E-state index is 14.2. The quantitative estimate of drug-likeness (QED) is 0.275. The van der Waals surface area contributed by atoms with Crippen molar-refractivity contribution in [1.29, 1.82) is 0 Å². The van der Waals surface area contributed by atoms with Crippen LogP contribution in [0, 0.1) is 6.92 Å². The van der Waals surface area contributed by atoms with E-state index in [4.69, 9.17) is 23.2 Å². The Hall–Kier alpha value is -3.07. The molecule has 1 N–H and O–H groups in total.